The third-order valence-electron chi connectivity index (χ3n) is 5.36. The van der Waals surface area contributed by atoms with Crippen molar-refractivity contribution in [2.24, 2.45) is 17.8 Å². The lowest BCUT2D eigenvalue weighted by Gasteiger charge is -2.36. The van der Waals surface area contributed by atoms with Crippen LogP contribution in [-0.2, 0) is 24.1 Å². The van der Waals surface area contributed by atoms with Crippen LogP contribution in [0.15, 0.2) is 23.1 Å². The average molecular weight is 442 g/mol. The van der Waals surface area contributed by atoms with Gasteiger partial charge < -0.3 is 9.47 Å². The summed E-state index contributed by atoms with van der Waals surface area (Å²) in [7, 11) is -3.85. The van der Waals surface area contributed by atoms with Crippen molar-refractivity contribution in [2.75, 3.05) is 12.9 Å². The summed E-state index contributed by atoms with van der Waals surface area (Å²) in [6, 6.07) is 2.90. The van der Waals surface area contributed by atoms with Gasteiger partial charge in [-0.1, -0.05) is 27.2 Å². The predicted molar refractivity (Wildman–Crippen MR) is 108 cm³/mol. The molecule has 1 fully saturated rings. The van der Waals surface area contributed by atoms with Crippen molar-refractivity contribution in [3.05, 3.63) is 33.9 Å². The molecule has 10 heteroatoms. The Morgan fingerprint density at radius 2 is 1.93 bits per heavy atom. The molecular formula is C20H27NO8S. The summed E-state index contributed by atoms with van der Waals surface area (Å²) in [5.41, 5.74) is -0.959. The van der Waals surface area contributed by atoms with Gasteiger partial charge in [0, 0.05) is 12.3 Å². The van der Waals surface area contributed by atoms with Crippen molar-refractivity contribution in [2.45, 2.75) is 51.0 Å². The van der Waals surface area contributed by atoms with Crippen LogP contribution in [0, 0.1) is 27.9 Å². The molecule has 0 saturated heterocycles. The van der Waals surface area contributed by atoms with Gasteiger partial charge in [0.25, 0.3) is 5.69 Å². The molecule has 0 radical (unpaired) electrons. The van der Waals surface area contributed by atoms with Crippen LogP contribution in [0.2, 0.25) is 0 Å². The minimum Gasteiger partial charge on any atom is -0.460 e. The molecule has 1 saturated carbocycles. The number of sulfone groups is 1. The molecule has 1 aromatic carbocycles. The van der Waals surface area contributed by atoms with Crippen molar-refractivity contribution in [3.8, 4) is 0 Å². The van der Waals surface area contributed by atoms with Gasteiger partial charge in [-0.2, -0.15) is 0 Å². The van der Waals surface area contributed by atoms with Crippen molar-refractivity contribution in [3.63, 3.8) is 0 Å². The SMILES string of the molecule is CC(C)[C@H]1CC[C@@H](C)C[C@@H]1OC(=O)COC(=O)c1ccc(S(C)(=O)=O)c([N+](=O)[O-])c1. The number of hydrogen-bond acceptors (Lipinski definition) is 8. The number of carbonyl (C=O) groups is 2. The molecule has 0 aliphatic heterocycles. The lowest BCUT2D eigenvalue weighted by atomic mass is 9.75. The zero-order valence-corrected chi connectivity index (χ0v) is 18.3. The highest BCUT2D eigenvalue weighted by molar-refractivity contribution is 7.90. The van der Waals surface area contributed by atoms with E-state index in [1.807, 2.05) is 0 Å². The minimum absolute atomic E-state index is 0.228. The Kier molecular flexibility index (Phi) is 7.57. The van der Waals surface area contributed by atoms with Crippen LogP contribution in [0.4, 0.5) is 5.69 Å². The second-order valence-corrected chi connectivity index (χ2v) is 10.1. The van der Waals surface area contributed by atoms with Crippen molar-refractivity contribution < 1.29 is 32.4 Å². The lowest BCUT2D eigenvalue weighted by molar-refractivity contribution is -0.387. The summed E-state index contributed by atoms with van der Waals surface area (Å²) >= 11 is 0. The summed E-state index contributed by atoms with van der Waals surface area (Å²) < 4.78 is 33.8. The van der Waals surface area contributed by atoms with Crippen LogP contribution >= 0.6 is 0 Å². The van der Waals surface area contributed by atoms with Gasteiger partial charge in [-0.25, -0.2) is 18.0 Å². The van der Waals surface area contributed by atoms with Gasteiger partial charge in [-0.15, -0.1) is 0 Å². The molecule has 0 bridgehead atoms. The lowest BCUT2D eigenvalue weighted by Crippen LogP contribution is -2.36. The molecule has 0 unspecified atom stereocenters. The van der Waals surface area contributed by atoms with Gasteiger partial charge in [0.05, 0.1) is 10.5 Å². The van der Waals surface area contributed by atoms with Crippen LogP contribution < -0.4 is 0 Å². The van der Waals surface area contributed by atoms with E-state index in [2.05, 4.69) is 20.8 Å². The van der Waals surface area contributed by atoms with E-state index in [0.29, 0.717) is 11.8 Å². The van der Waals surface area contributed by atoms with E-state index in [-0.39, 0.29) is 17.6 Å². The second-order valence-electron chi connectivity index (χ2n) is 8.14. The number of nitrogens with zero attached hydrogens (tertiary/aromatic N) is 1. The zero-order chi connectivity index (χ0) is 22.6. The Morgan fingerprint density at radius 3 is 2.50 bits per heavy atom. The highest BCUT2D eigenvalue weighted by Crippen LogP contribution is 2.35. The van der Waals surface area contributed by atoms with Gasteiger partial charge >= 0.3 is 11.9 Å². The quantitative estimate of drug-likeness (QED) is 0.358. The molecule has 3 atom stereocenters. The molecule has 2 rings (SSSR count). The maximum atomic E-state index is 12.2. The van der Waals surface area contributed by atoms with Gasteiger partial charge in [0.15, 0.2) is 16.4 Å². The Bertz CT molecular complexity index is 925. The number of nitro groups is 1. The van der Waals surface area contributed by atoms with Crippen molar-refractivity contribution >= 4 is 27.5 Å². The Labute approximate surface area is 175 Å². The standard InChI is InChI=1S/C20H27NO8S/c1-12(2)15-7-5-13(3)9-17(15)29-19(22)11-28-20(23)14-6-8-18(30(4,26)27)16(10-14)21(24)25/h6,8,10,12-13,15,17H,5,7,9,11H2,1-4H3/t13-,15-,17+/m1/s1. The summed E-state index contributed by atoms with van der Waals surface area (Å²) in [5.74, 6) is -0.629. The van der Waals surface area contributed by atoms with Gasteiger partial charge in [0.1, 0.15) is 11.0 Å². The third-order valence-corrected chi connectivity index (χ3v) is 6.50. The number of benzene rings is 1. The fourth-order valence-electron chi connectivity index (χ4n) is 3.76. The van der Waals surface area contributed by atoms with E-state index in [0.717, 1.165) is 43.7 Å². The number of nitro benzene ring substituents is 1. The molecule has 30 heavy (non-hydrogen) atoms. The van der Waals surface area contributed by atoms with E-state index >= 15 is 0 Å². The first-order valence-electron chi connectivity index (χ1n) is 9.75. The molecule has 1 aliphatic rings. The van der Waals surface area contributed by atoms with Gasteiger partial charge in [0.2, 0.25) is 0 Å². The van der Waals surface area contributed by atoms with Gasteiger partial charge in [-0.05, 0) is 42.7 Å². The minimum atomic E-state index is -3.85. The molecule has 9 nitrogen and oxygen atoms in total. The van der Waals surface area contributed by atoms with E-state index in [9.17, 15) is 28.1 Å². The molecule has 0 N–H and O–H groups in total. The first-order chi connectivity index (χ1) is 13.9. The number of ether oxygens (including phenoxy) is 2. The fraction of sp³-hybridized carbons (Fsp3) is 0.600. The Balaban J connectivity index is 2.04. The molecule has 0 heterocycles. The maximum absolute atomic E-state index is 12.2. The fourth-order valence-corrected chi connectivity index (χ4v) is 4.59. The van der Waals surface area contributed by atoms with Crippen LogP contribution in [0.25, 0.3) is 0 Å². The van der Waals surface area contributed by atoms with E-state index in [1.165, 1.54) is 0 Å². The number of hydrogen-bond donors (Lipinski definition) is 0. The Hall–Kier alpha value is -2.49. The molecule has 0 spiro atoms. The van der Waals surface area contributed by atoms with Crippen molar-refractivity contribution in [1.29, 1.82) is 0 Å². The second kappa shape index (κ2) is 9.55. The highest BCUT2D eigenvalue weighted by atomic mass is 32.2. The average Bonchev–Trinajstić information content (AvgIpc) is 2.64. The predicted octanol–water partition coefficient (Wildman–Crippen LogP) is 3.16. The molecule has 0 amide bonds. The maximum Gasteiger partial charge on any atom is 0.344 e. The zero-order valence-electron chi connectivity index (χ0n) is 17.5. The van der Waals surface area contributed by atoms with Gasteiger partial charge in [-0.3, -0.25) is 10.1 Å². The smallest absolute Gasteiger partial charge is 0.344 e. The molecule has 1 aliphatic carbocycles. The molecular weight excluding hydrogens is 414 g/mol. The van der Waals surface area contributed by atoms with E-state index in [1.54, 1.807) is 0 Å². The highest BCUT2D eigenvalue weighted by Gasteiger charge is 2.33. The molecule has 1 aromatic rings. The number of carbonyl (C=O) groups excluding carboxylic acids is 2. The van der Waals surface area contributed by atoms with E-state index in [4.69, 9.17) is 9.47 Å². The summed E-state index contributed by atoms with van der Waals surface area (Å²) in [5, 5.41) is 11.2. The molecule has 0 aromatic heterocycles. The number of rotatable bonds is 7. The first kappa shape index (κ1) is 23.8. The van der Waals surface area contributed by atoms with Crippen LogP contribution in [-0.4, -0.2) is 44.2 Å². The third kappa shape index (κ3) is 6.01. The topological polar surface area (TPSA) is 130 Å². The summed E-state index contributed by atoms with van der Waals surface area (Å²) in [6.45, 7) is 5.63. The van der Waals surface area contributed by atoms with Crippen LogP contribution in [0.5, 0.6) is 0 Å². The summed E-state index contributed by atoms with van der Waals surface area (Å²) in [6.07, 6.45) is 3.39. The summed E-state index contributed by atoms with van der Waals surface area (Å²) in [4.78, 5) is 34.2. The van der Waals surface area contributed by atoms with E-state index < -0.39 is 43.9 Å². The normalized spacial score (nSPS) is 21.8. The van der Waals surface area contributed by atoms with Crippen LogP contribution in [0.1, 0.15) is 50.4 Å². The largest absolute Gasteiger partial charge is 0.460 e. The Morgan fingerprint density at radius 1 is 1.27 bits per heavy atom. The van der Waals surface area contributed by atoms with Crippen molar-refractivity contribution in [1.82, 2.24) is 0 Å². The van der Waals surface area contributed by atoms with Crippen LogP contribution in [0.3, 0.4) is 0 Å². The number of esters is 2. The monoisotopic (exact) mass is 441 g/mol. The molecule has 166 valence electrons. The first-order valence-corrected chi connectivity index (χ1v) is 11.6.